The fraction of sp³-hybridized carbons (Fsp3) is 0.406. The van der Waals surface area contributed by atoms with Gasteiger partial charge < -0.3 is 25.0 Å². The molecule has 2 aliphatic rings. The summed E-state index contributed by atoms with van der Waals surface area (Å²) in [6.07, 6.45) is 7.55. The number of carbonyl (C=O) groups excluding carboxylic acids is 1. The second-order valence-corrected chi connectivity index (χ2v) is 10.3. The zero-order chi connectivity index (χ0) is 26.0. The van der Waals surface area contributed by atoms with Gasteiger partial charge in [0, 0.05) is 18.7 Å². The zero-order valence-corrected chi connectivity index (χ0v) is 22.1. The molecule has 3 aromatic carbocycles. The Hall–Kier alpha value is -3.51. The molecule has 0 aromatic heterocycles. The highest BCUT2D eigenvalue weighted by molar-refractivity contribution is 5.82. The molecule has 6 nitrogen and oxygen atoms in total. The molecule has 38 heavy (non-hydrogen) atoms. The Morgan fingerprint density at radius 3 is 2.32 bits per heavy atom. The Bertz CT molecular complexity index is 1140. The van der Waals surface area contributed by atoms with Crippen molar-refractivity contribution in [2.24, 2.45) is 0 Å². The van der Waals surface area contributed by atoms with Gasteiger partial charge in [-0.2, -0.15) is 0 Å². The number of nitrogens with zero attached hydrogens (tertiary/aromatic N) is 1. The first-order chi connectivity index (χ1) is 18.7. The molecule has 2 N–H and O–H groups in total. The number of rotatable bonds is 11. The van der Waals surface area contributed by atoms with Gasteiger partial charge in [-0.3, -0.25) is 4.79 Å². The van der Waals surface area contributed by atoms with Gasteiger partial charge in [0.25, 0.3) is 0 Å². The first-order valence-corrected chi connectivity index (χ1v) is 14.1. The number of nitrogens with one attached hydrogen (secondary N) is 2. The maximum absolute atomic E-state index is 13.6. The van der Waals surface area contributed by atoms with Gasteiger partial charge in [0.15, 0.2) is 0 Å². The van der Waals surface area contributed by atoms with Crippen molar-refractivity contribution in [1.29, 1.82) is 0 Å². The number of para-hydroxylation sites is 1. The third-order valence-corrected chi connectivity index (χ3v) is 7.51. The summed E-state index contributed by atoms with van der Waals surface area (Å²) in [5.41, 5.74) is 2.09. The lowest BCUT2D eigenvalue weighted by Crippen LogP contribution is -2.48. The van der Waals surface area contributed by atoms with Gasteiger partial charge in [-0.05, 0) is 87.9 Å². The van der Waals surface area contributed by atoms with Crippen molar-refractivity contribution < 1.29 is 14.3 Å². The minimum absolute atomic E-state index is 0.129. The standard InChI is InChI=1S/C32H39N3O3/c36-32(35(26-17-20-33-21-18-26)22-19-25-9-3-1-4-10-25)24-34-30-16-15-29(37-27-11-5-2-6-12-27)23-31(30)38-28-13-7-8-14-28/h1-6,9-12,15-16,23,26,28,33-34H,7-8,13-14,17-22,24H2. The van der Waals surface area contributed by atoms with Crippen LogP contribution >= 0.6 is 0 Å². The number of carbonyl (C=O) groups is 1. The van der Waals surface area contributed by atoms with Gasteiger partial charge in [-0.15, -0.1) is 0 Å². The molecule has 6 heteroatoms. The van der Waals surface area contributed by atoms with Gasteiger partial charge in [0.1, 0.15) is 17.2 Å². The topological polar surface area (TPSA) is 62.8 Å². The Labute approximate surface area is 226 Å². The lowest BCUT2D eigenvalue weighted by atomic mass is 10.0. The number of amides is 1. The van der Waals surface area contributed by atoms with E-state index in [1.54, 1.807) is 0 Å². The third kappa shape index (κ3) is 7.29. The van der Waals surface area contributed by atoms with Gasteiger partial charge in [-0.25, -0.2) is 0 Å². The number of ether oxygens (including phenoxy) is 2. The monoisotopic (exact) mass is 513 g/mol. The number of piperidine rings is 1. The summed E-state index contributed by atoms with van der Waals surface area (Å²) in [4.78, 5) is 15.7. The molecule has 0 atom stereocenters. The molecule has 0 bridgehead atoms. The molecule has 0 radical (unpaired) electrons. The molecule has 1 heterocycles. The minimum atomic E-state index is 0.129. The molecule has 0 spiro atoms. The van der Waals surface area contributed by atoms with Crippen LogP contribution in [0.4, 0.5) is 5.69 Å². The molecule has 3 aromatic rings. The van der Waals surface area contributed by atoms with Crippen LogP contribution in [0.1, 0.15) is 44.1 Å². The highest BCUT2D eigenvalue weighted by Crippen LogP contribution is 2.35. The SMILES string of the molecule is O=C(CNc1ccc(Oc2ccccc2)cc1OC1CCCC1)N(CCc1ccccc1)C1CCNCC1. The maximum atomic E-state index is 13.6. The van der Waals surface area contributed by atoms with Gasteiger partial charge in [-0.1, -0.05) is 48.5 Å². The molecule has 1 aliphatic heterocycles. The van der Waals surface area contributed by atoms with Crippen LogP contribution in [0, 0.1) is 0 Å². The van der Waals surface area contributed by atoms with Gasteiger partial charge in [0.05, 0.1) is 18.3 Å². The number of anilines is 1. The highest BCUT2D eigenvalue weighted by Gasteiger charge is 2.25. The smallest absolute Gasteiger partial charge is 0.242 e. The van der Waals surface area contributed by atoms with Crippen molar-refractivity contribution in [1.82, 2.24) is 10.2 Å². The summed E-state index contributed by atoms with van der Waals surface area (Å²) >= 11 is 0. The Morgan fingerprint density at radius 2 is 1.58 bits per heavy atom. The van der Waals surface area contributed by atoms with Crippen molar-refractivity contribution >= 4 is 11.6 Å². The van der Waals surface area contributed by atoms with Crippen LogP contribution < -0.4 is 20.1 Å². The molecular weight excluding hydrogens is 474 g/mol. The van der Waals surface area contributed by atoms with Crippen LogP contribution in [-0.4, -0.2) is 49.1 Å². The molecule has 1 saturated carbocycles. The van der Waals surface area contributed by atoms with E-state index in [1.807, 2.05) is 54.6 Å². The molecule has 1 saturated heterocycles. The largest absolute Gasteiger partial charge is 0.488 e. The van der Waals surface area contributed by atoms with E-state index in [-0.39, 0.29) is 24.6 Å². The Balaban J connectivity index is 1.28. The number of benzene rings is 3. The maximum Gasteiger partial charge on any atom is 0.242 e. The first-order valence-electron chi connectivity index (χ1n) is 14.1. The van der Waals surface area contributed by atoms with Crippen LogP contribution in [-0.2, 0) is 11.2 Å². The second kappa shape index (κ2) is 13.3. The summed E-state index contributed by atoms with van der Waals surface area (Å²) in [6.45, 7) is 2.87. The van der Waals surface area contributed by atoms with Crippen LogP contribution in [0.2, 0.25) is 0 Å². The van der Waals surface area contributed by atoms with Crippen molar-refractivity contribution in [3.05, 3.63) is 84.4 Å². The van der Waals surface area contributed by atoms with Crippen molar-refractivity contribution in [3.8, 4) is 17.2 Å². The van der Waals surface area contributed by atoms with Crippen LogP contribution in [0.25, 0.3) is 0 Å². The van der Waals surface area contributed by atoms with E-state index >= 15 is 0 Å². The molecule has 5 rings (SSSR count). The third-order valence-electron chi connectivity index (χ3n) is 7.51. The van der Waals surface area contributed by atoms with E-state index in [1.165, 1.54) is 18.4 Å². The highest BCUT2D eigenvalue weighted by atomic mass is 16.5. The number of hydrogen-bond acceptors (Lipinski definition) is 5. The predicted octanol–water partition coefficient (Wildman–Crippen LogP) is 6.04. The predicted molar refractivity (Wildman–Crippen MR) is 152 cm³/mol. The van der Waals surface area contributed by atoms with E-state index in [2.05, 4.69) is 39.8 Å². The average Bonchev–Trinajstić information content (AvgIpc) is 3.48. The average molecular weight is 514 g/mol. The van der Waals surface area contributed by atoms with E-state index in [0.29, 0.717) is 0 Å². The minimum Gasteiger partial charge on any atom is -0.488 e. The van der Waals surface area contributed by atoms with E-state index in [9.17, 15) is 4.79 Å². The quantitative estimate of drug-likeness (QED) is 0.328. The normalized spacial score (nSPS) is 16.2. The summed E-state index contributed by atoms with van der Waals surface area (Å²) in [6, 6.07) is 26.3. The fourth-order valence-electron chi connectivity index (χ4n) is 5.42. The van der Waals surface area contributed by atoms with Crippen molar-refractivity contribution in [2.75, 3.05) is 31.5 Å². The summed E-state index contributed by atoms with van der Waals surface area (Å²) in [5, 5.41) is 6.83. The van der Waals surface area contributed by atoms with Gasteiger partial charge >= 0.3 is 0 Å². The van der Waals surface area contributed by atoms with Gasteiger partial charge in [0.2, 0.25) is 5.91 Å². The van der Waals surface area contributed by atoms with Crippen LogP contribution in [0.3, 0.4) is 0 Å². The molecular formula is C32H39N3O3. The summed E-state index contributed by atoms with van der Waals surface area (Å²) < 4.78 is 12.5. The fourth-order valence-corrected chi connectivity index (χ4v) is 5.42. The first kappa shape index (κ1) is 26.1. The van der Waals surface area contributed by atoms with Crippen molar-refractivity contribution in [2.45, 2.75) is 57.1 Å². The lowest BCUT2D eigenvalue weighted by Gasteiger charge is -2.35. The zero-order valence-electron chi connectivity index (χ0n) is 22.1. The molecule has 200 valence electrons. The number of hydrogen-bond donors (Lipinski definition) is 2. The molecule has 1 amide bonds. The molecule has 0 unspecified atom stereocenters. The van der Waals surface area contributed by atoms with Crippen molar-refractivity contribution in [3.63, 3.8) is 0 Å². The second-order valence-electron chi connectivity index (χ2n) is 10.3. The molecule has 2 fully saturated rings. The van der Waals surface area contributed by atoms with E-state index in [0.717, 1.165) is 74.7 Å². The van der Waals surface area contributed by atoms with E-state index < -0.39 is 0 Å². The van der Waals surface area contributed by atoms with Crippen LogP contribution in [0.15, 0.2) is 78.9 Å². The lowest BCUT2D eigenvalue weighted by molar-refractivity contribution is -0.132. The Kier molecular flexibility index (Phi) is 9.16. The summed E-state index contributed by atoms with van der Waals surface area (Å²) in [7, 11) is 0. The van der Waals surface area contributed by atoms with E-state index in [4.69, 9.17) is 9.47 Å². The Morgan fingerprint density at radius 1 is 0.868 bits per heavy atom. The molecule has 1 aliphatic carbocycles. The summed E-state index contributed by atoms with van der Waals surface area (Å²) in [5.74, 6) is 2.38. The van der Waals surface area contributed by atoms with Crippen LogP contribution in [0.5, 0.6) is 17.2 Å².